The number of hydrogen-bond donors (Lipinski definition) is 11. The van der Waals surface area contributed by atoms with Crippen LogP contribution in [0, 0.1) is 0 Å². The number of hydrogen-bond acceptors (Lipinski definition) is 19. The Morgan fingerprint density at radius 2 is 1.30 bits per heavy atom. The van der Waals surface area contributed by atoms with Crippen molar-refractivity contribution in [3.05, 3.63) is 83.1 Å². The van der Waals surface area contributed by atoms with E-state index in [0.29, 0.717) is 5.56 Å². The van der Waals surface area contributed by atoms with Gasteiger partial charge in [0.2, 0.25) is 12.6 Å². The van der Waals surface area contributed by atoms with Crippen LogP contribution in [0.2, 0.25) is 0 Å². The number of fused-ring (bicyclic) bond motifs is 1. The molecule has 0 amide bonds. The Morgan fingerprint density at radius 3 is 1.92 bits per heavy atom. The molecule has 0 saturated carbocycles. The predicted octanol–water partition coefficient (Wildman–Crippen LogP) is -0.869. The Hall–Kier alpha value is -6.17. The van der Waals surface area contributed by atoms with E-state index in [2.05, 4.69) is 4.74 Å². The van der Waals surface area contributed by atoms with Crippen LogP contribution in [0.3, 0.4) is 0 Å². The average Bonchev–Trinajstić information content (AvgIpc) is 3.20. The van der Waals surface area contributed by atoms with Crippen LogP contribution in [0.1, 0.15) is 29.2 Å². The van der Waals surface area contributed by atoms with E-state index in [9.17, 15) is 65.4 Å². The van der Waals surface area contributed by atoms with Gasteiger partial charge in [-0.05, 0) is 42.0 Å². The summed E-state index contributed by atoms with van der Waals surface area (Å²) in [7, 11) is 0. The van der Waals surface area contributed by atoms with Crippen molar-refractivity contribution >= 4 is 30.1 Å². The number of carboxylic acid groups (broad SMARTS) is 1. The zero-order valence-electron chi connectivity index (χ0n) is 30.9. The third kappa shape index (κ3) is 9.98. The minimum Gasteiger partial charge on any atom is -0.571 e. The van der Waals surface area contributed by atoms with Crippen LogP contribution in [0.5, 0.6) is 34.5 Å². The number of benzene rings is 3. The van der Waals surface area contributed by atoms with Gasteiger partial charge in [-0.1, -0.05) is 12.1 Å². The van der Waals surface area contributed by atoms with Gasteiger partial charge in [0.05, 0.1) is 11.6 Å². The molecule has 60 heavy (non-hydrogen) atoms. The molecule has 0 aliphatic carbocycles. The first-order valence-corrected chi connectivity index (χ1v) is 18.0. The molecule has 21 heteroatoms. The second-order valence-electron chi connectivity index (χ2n) is 13.8. The van der Waals surface area contributed by atoms with E-state index in [1.165, 1.54) is 48.6 Å². The number of rotatable bonds is 13. The smallest absolute Gasteiger partial charge is 0.330 e. The van der Waals surface area contributed by atoms with Gasteiger partial charge >= 0.3 is 17.9 Å². The first kappa shape index (κ1) is 43.4. The Balaban J connectivity index is 1.26. The maximum absolute atomic E-state index is 12.5. The van der Waals surface area contributed by atoms with Gasteiger partial charge < -0.3 is 89.3 Å². The number of carboxylic acids is 1. The fraction of sp³-hybridized carbons (Fsp3) is 0.359. The van der Waals surface area contributed by atoms with E-state index < -0.39 is 122 Å². The maximum atomic E-state index is 12.5. The van der Waals surface area contributed by atoms with Crippen molar-refractivity contribution in [2.75, 3.05) is 13.2 Å². The zero-order valence-corrected chi connectivity index (χ0v) is 30.9. The van der Waals surface area contributed by atoms with Crippen molar-refractivity contribution in [3.8, 4) is 34.5 Å². The molecule has 2 fully saturated rings. The minimum atomic E-state index is -1.95. The van der Waals surface area contributed by atoms with Crippen LogP contribution in [-0.2, 0) is 38.1 Å². The molecule has 2 saturated heterocycles. The van der Waals surface area contributed by atoms with Gasteiger partial charge in [0.15, 0.2) is 17.3 Å². The van der Waals surface area contributed by atoms with Gasteiger partial charge in [-0.25, -0.2) is 4.79 Å². The number of phenols is 4. The van der Waals surface area contributed by atoms with Crippen molar-refractivity contribution < 1.29 is 104 Å². The van der Waals surface area contributed by atoms with Gasteiger partial charge in [0.1, 0.15) is 91.3 Å². The molecule has 3 aromatic rings. The minimum absolute atomic E-state index is 0.000300. The Bertz CT molecular complexity index is 2100. The Labute approximate surface area is 338 Å². The summed E-state index contributed by atoms with van der Waals surface area (Å²) in [4.78, 5) is 35.2. The highest BCUT2D eigenvalue weighted by Gasteiger charge is 2.48. The monoisotopic (exact) mass is 845 g/mol. The quantitative estimate of drug-likeness (QED) is 0.0327. The number of aliphatic hydroxyl groups is 7. The predicted molar refractivity (Wildman–Crippen MR) is 197 cm³/mol. The third-order valence-corrected chi connectivity index (χ3v) is 9.48. The van der Waals surface area contributed by atoms with E-state index in [0.717, 1.165) is 24.3 Å². The molecule has 0 bridgehead atoms. The number of ether oxygens (including phenoxy) is 7. The van der Waals surface area contributed by atoms with Crippen LogP contribution in [0.25, 0.3) is 12.2 Å². The number of phenolic OH excluding ortho intramolecular Hbond substituents is 4. The Morgan fingerprint density at radius 1 is 0.683 bits per heavy atom. The number of carbonyl (C=O) groups excluding carboxylic acids is 2. The van der Waals surface area contributed by atoms with E-state index in [1.807, 2.05) is 0 Å². The number of aromatic hydroxyl groups is 5. The van der Waals surface area contributed by atoms with Gasteiger partial charge in [0, 0.05) is 18.2 Å². The fourth-order valence-corrected chi connectivity index (χ4v) is 6.29. The summed E-state index contributed by atoms with van der Waals surface area (Å²) in [5, 5.41) is 114. The number of aliphatic hydroxyl groups excluding tert-OH is 6. The molecule has 3 aliphatic rings. The van der Waals surface area contributed by atoms with Crippen molar-refractivity contribution in [1.29, 1.82) is 0 Å². The molecule has 0 spiro atoms. The van der Waals surface area contributed by atoms with Crippen molar-refractivity contribution in [1.82, 2.24) is 0 Å². The summed E-state index contributed by atoms with van der Waals surface area (Å²) >= 11 is 0. The third-order valence-electron chi connectivity index (χ3n) is 9.48. The van der Waals surface area contributed by atoms with Gasteiger partial charge in [-0.3, -0.25) is 9.59 Å². The summed E-state index contributed by atoms with van der Waals surface area (Å²) < 4.78 is 38.0. The molecule has 21 nitrogen and oxygen atoms in total. The zero-order chi connectivity index (χ0) is 43.4. The van der Waals surface area contributed by atoms with Gasteiger partial charge in [-0.15, -0.1) is 0 Å². The normalized spacial score (nSPS) is 28.8. The molecule has 3 aliphatic heterocycles. The second kappa shape index (κ2) is 18.4. The molecular formula is C39H41O21+. The lowest BCUT2D eigenvalue weighted by Gasteiger charge is -2.41. The van der Waals surface area contributed by atoms with Crippen molar-refractivity contribution in [2.45, 2.75) is 73.9 Å². The largest absolute Gasteiger partial charge is 0.571 e. The number of esters is 2. The van der Waals surface area contributed by atoms with Crippen LogP contribution >= 0.6 is 0 Å². The van der Waals surface area contributed by atoms with Crippen LogP contribution in [0.4, 0.5) is 0 Å². The van der Waals surface area contributed by atoms with Crippen molar-refractivity contribution in [3.63, 3.8) is 0 Å². The van der Waals surface area contributed by atoms with Gasteiger partial charge in [-0.2, -0.15) is 0 Å². The summed E-state index contributed by atoms with van der Waals surface area (Å²) in [6, 6.07) is 11.8. The SMILES string of the molecule is O=C(O)CC(=O)OC[C@@H]1O[C@@H](Oc2cc(O)cc3c2C=C(O[C@@H]2O[C@H](COC(=O)/C=C/c4ccc(O)cc4)[C@@H](O)[C@H](O)[C@H]2O)C(c2ccc(O)c(O)c2)[OH+]3)[C@H](O)[C@@H](O)[C@@H]1O. The Kier molecular flexibility index (Phi) is 13.3. The molecular weight excluding hydrogens is 804 g/mol. The first-order chi connectivity index (χ1) is 28.5. The number of aliphatic carboxylic acids is 1. The van der Waals surface area contributed by atoms with E-state index >= 15 is 0 Å². The highest BCUT2D eigenvalue weighted by molar-refractivity contribution is 5.90. The standard InChI is InChI=1S/C39H40O21/c40-18-5-1-16(2-6-18)3-8-29(46)54-14-26-31(48)34(51)36(53)39(60-26)58-25-12-20-23(56-37(25)17-4-7-21(42)22(43)9-17)10-19(41)11-24(20)57-38-35(52)33(50)32(49)27(59-38)15-55-30(47)13-28(44)45/h1-12,26-27,31-43,48-53H,13-15H2,(H,44,45)/p+1/b8-3+/t26-,27+,31-,32-,33+,34+,35-,36-,37?,38-,39-/m1/s1. The molecule has 0 radical (unpaired) electrons. The summed E-state index contributed by atoms with van der Waals surface area (Å²) in [6.45, 7) is -1.39. The lowest BCUT2D eigenvalue weighted by molar-refractivity contribution is -0.296. The van der Waals surface area contributed by atoms with E-state index in [1.54, 1.807) is 0 Å². The average molecular weight is 846 g/mol. The van der Waals surface area contributed by atoms with Gasteiger partial charge in [0.25, 0.3) is 11.9 Å². The molecule has 1 unspecified atom stereocenters. The topological polar surface area (TPSA) is 342 Å². The van der Waals surface area contributed by atoms with Crippen LogP contribution < -0.4 is 4.74 Å². The molecule has 322 valence electrons. The lowest BCUT2D eigenvalue weighted by Crippen LogP contribution is -2.60. The molecule has 11 atom stereocenters. The molecule has 3 aromatic carbocycles. The highest BCUT2D eigenvalue weighted by Crippen LogP contribution is 2.47. The van der Waals surface area contributed by atoms with Crippen LogP contribution in [-0.4, -0.2) is 153 Å². The summed E-state index contributed by atoms with van der Waals surface area (Å²) in [6.07, 6.45) is -16.5. The molecule has 12 N–H and O–H groups in total. The van der Waals surface area contributed by atoms with Crippen molar-refractivity contribution in [2.24, 2.45) is 0 Å². The summed E-state index contributed by atoms with van der Waals surface area (Å²) in [5.41, 5.74) is 0.729. The lowest BCUT2D eigenvalue weighted by atomic mass is 9.98. The van der Waals surface area contributed by atoms with Crippen LogP contribution in [0.15, 0.2) is 66.4 Å². The molecule has 3 heterocycles. The first-order valence-electron chi connectivity index (χ1n) is 18.0. The number of carbonyl (C=O) groups is 3. The maximum Gasteiger partial charge on any atom is 0.330 e. The summed E-state index contributed by atoms with van der Waals surface area (Å²) in [5.74, 6) is -5.52. The van der Waals surface area contributed by atoms with E-state index in [-0.39, 0.29) is 34.1 Å². The molecule has 6 rings (SSSR count). The molecule has 0 aromatic heterocycles. The second-order valence-corrected chi connectivity index (χ2v) is 13.8. The highest BCUT2D eigenvalue weighted by atomic mass is 16.7. The van der Waals surface area contributed by atoms with E-state index in [4.69, 9.17) is 33.5 Å². The fourth-order valence-electron chi connectivity index (χ4n) is 6.29.